The first-order valence-corrected chi connectivity index (χ1v) is 7.46. The lowest BCUT2D eigenvalue weighted by Gasteiger charge is -2.08. The Balaban J connectivity index is 2.97. The van der Waals surface area contributed by atoms with Crippen LogP contribution in [-0.2, 0) is 0 Å². The Labute approximate surface area is 92.9 Å². The molecule has 13 heavy (non-hydrogen) atoms. The van der Waals surface area contributed by atoms with Gasteiger partial charge in [0.1, 0.15) is 0 Å². The summed E-state index contributed by atoms with van der Waals surface area (Å²) >= 11 is 1.42. The average Bonchev–Trinajstić information content (AvgIpc) is 2.11. The van der Waals surface area contributed by atoms with Crippen LogP contribution in [0.1, 0.15) is 71.6 Å². The molecule has 0 rings (SSSR count). The van der Waals surface area contributed by atoms with Gasteiger partial charge < -0.3 is 0 Å². The average molecular weight is 198 g/mol. The van der Waals surface area contributed by atoms with Gasteiger partial charge in [-0.1, -0.05) is 76.4 Å². The van der Waals surface area contributed by atoms with Crippen LogP contribution in [0.15, 0.2) is 0 Å². The van der Waals surface area contributed by atoms with E-state index in [0.29, 0.717) is 0 Å². The molecule has 0 aliphatic heterocycles. The van der Waals surface area contributed by atoms with Crippen molar-refractivity contribution in [3.05, 3.63) is 0 Å². The predicted molar refractivity (Wildman–Crippen MR) is 65.2 cm³/mol. The van der Waals surface area contributed by atoms with Crippen molar-refractivity contribution >= 4 is 16.3 Å². The lowest BCUT2D eigenvalue weighted by Crippen LogP contribution is -1.91. The minimum absolute atomic E-state index is 1.11. The highest BCUT2D eigenvalue weighted by molar-refractivity contribution is 6.11. The van der Waals surface area contributed by atoms with Crippen LogP contribution >= 0.6 is 0 Å². The maximum atomic E-state index is 2.31. The van der Waals surface area contributed by atoms with Crippen LogP contribution in [0.4, 0.5) is 0 Å². The van der Waals surface area contributed by atoms with E-state index in [9.17, 15) is 0 Å². The van der Waals surface area contributed by atoms with E-state index in [-0.39, 0.29) is 0 Å². The first-order chi connectivity index (χ1) is 6.31. The summed E-state index contributed by atoms with van der Waals surface area (Å²) in [6, 6.07) is 0. The maximum Gasteiger partial charge on any atom is 0.216 e. The van der Waals surface area contributed by atoms with Crippen molar-refractivity contribution in [3.63, 3.8) is 0 Å². The zero-order chi connectivity index (χ0) is 9.94. The summed E-state index contributed by atoms with van der Waals surface area (Å²) in [4.78, 5) is 0. The lowest BCUT2D eigenvalue weighted by atomic mass is 10.1. The van der Waals surface area contributed by atoms with Gasteiger partial charge in [-0.05, 0) is 0 Å². The molecule has 0 aliphatic carbocycles. The zero-order valence-electron chi connectivity index (χ0n) is 9.94. The Kier molecular flexibility index (Phi) is 11.0. The quantitative estimate of drug-likeness (QED) is 0.388. The molecule has 0 amide bonds. The standard InChI is InChI=1S/C12H25.Al.2H/c1-3-5-7-9-11-12-10-8-6-4-2;;;/h7H,3-6,8-12H2,1-2H3;;;. The van der Waals surface area contributed by atoms with E-state index in [4.69, 9.17) is 0 Å². The molecular formula is C12H27Al. The van der Waals surface area contributed by atoms with Crippen LogP contribution in [0.5, 0.6) is 0 Å². The van der Waals surface area contributed by atoms with Gasteiger partial charge in [0.15, 0.2) is 0 Å². The Morgan fingerprint density at radius 3 is 2.00 bits per heavy atom. The van der Waals surface area contributed by atoms with Crippen LogP contribution in [0.2, 0.25) is 4.78 Å². The fourth-order valence-electron chi connectivity index (χ4n) is 1.91. The largest absolute Gasteiger partial charge is 0.216 e. The second-order valence-corrected chi connectivity index (χ2v) is 6.08. The minimum Gasteiger partial charge on any atom is -0.0902 e. The Hall–Kier alpha value is 0.532. The van der Waals surface area contributed by atoms with Gasteiger partial charge in [-0.25, -0.2) is 0 Å². The topological polar surface area (TPSA) is 0 Å². The van der Waals surface area contributed by atoms with Crippen molar-refractivity contribution in [2.45, 2.75) is 76.4 Å². The highest BCUT2D eigenvalue weighted by Crippen LogP contribution is 2.18. The molecule has 0 aliphatic rings. The van der Waals surface area contributed by atoms with Crippen molar-refractivity contribution in [1.82, 2.24) is 0 Å². The van der Waals surface area contributed by atoms with Crippen molar-refractivity contribution in [2.24, 2.45) is 0 Å². The molecule has 0 saturated heterocycles. The van der Waals surface area contributed by atoms with Crippen molar-refractivity contribution in [1.29, 1.82) is 0 Å². The Morgan fingerprint density at radius 1 is 0.769 bits per heavy atom. The third-order valence-corrected chi connectivity index (χ3v) is 3.99. The summed E-state index contributed by atoms with van der Waals surface area (Å²) in [7, 11) is 0. The molecule has 0 radical (unpaired) electrons. The van der Waals surface area contributed by atoms with Crippen molar-refractivity contribution in [3.8, 4) is 0 Å². The van der Waals surface area contributed by atoms with Gasteiger partial charge in [-0.15, -0.1) is 0 Å². The molecule has 0 saturated carbocycles. The highest BCUT2D eigenvalue weighted by atomic mass is 27.0. The third kappa shape index (κ3) is 10.5. The normalized spacial score (nSPS) is 13.1. The molecule has 0 heterocycles. The number of hydrogen-bond donors (Lipinski definition) is 0. The summed E-state index contributed by atoms with van der Waals surface area (Å²) in [6.45, 7) is 4.60. The van der Waals surface area contributed by atoms with Gasteiger partial charge in [0, 0.05) is 0 Å². The van der Waals surface area contributed by atoms with Crippen LogP contribution in [-0.4, -0.2) is 16.3 Å². The zero-order valence-corrected chi connectivity index (χ0v) is 11.9. The molecule has 78 valence electrons. The highest BCUT2D eigenvalue weighted by Gasteiger charge is 1.99. The van der Waals surface area contributed by atoms with Crippen LogP contribution < -0.4 is 0 Å². The fourth-order valence-corrected chi connectivity index (χ4v) is 2.90. The van der Waals surface area contributed by atoms with Crippen LogP contribution in [0, 0.1) is 0 Å². The molecule has 0 nitrogen and oxygen atoms in total. The van der Waals surface area contributed by atoms with Crippen LogP contribution in [0.25, 0.3) is 0 Å². The van der Waals surface area contributed by atoms with Gasteiger partial charge in [-0.2, -0.15) is 0 Å². The maximum absolute atomic E-state index is 2.31. The van der Waals surface area contributed by atoms with Gasteiger partial charge in [0.2, 0.25) is 16.3 Å². The number of unbranched alkanes of at least 4 members (excludes halogenated alkanes) is 5. The third-order valence-electron chi connectivity index (χ3n) is 2.83. The van der Waals surface area contributed by atoms with E-state index in [1.165, 1.54) is 74.1 Å². The van der Waals surface area contributed by atoms with E-state index in [2.05, 4.69) is 13.8 Å². The summed E-state index contributed by atoms with van der Waals surface area (Å²) in [6.07, 6.45) is 13.2. The molecule has 1 unspecified atom stereocenters. The Morgan fingerprint density at radius 2 is 1.38 bits per heavy atom. The van der Waals surface area contributed by atoms with E-state index in [0.717, 1.165) is 4.78 Å². The Bertz CT molecular complexity index is 91.1. The monoisotopic (exact) mass is 198 g/mol. The number of hydrogen-bond acceptors (Lipinski definition) is 0. The molecular weight excluding hydrogens is 171 g/mol. The molecule has 1 heteroatoms. The van der Waals surface area contributed by atoms with Gasteiger partial charge in [0.05, 0.1) is 0 Å². The fraction of sp³-hybridized carbons (Fsp3) is 1.00. The second kappa shape index (κ2) is 10.6. The molecule has 0 spiro atoms. The summed E-state index contributed by atoms with van der Waals surface area (Å²) < 4.78 is 1.11. The van der Waals surface area contributed by atoms with Crippen molar-refractivity contribution in [2.75, 3.05) is 0 Å². The smallest absolute Gasteiger partial charge is 0.0902 e. The second-order valence-electron chi connectivity index (χ2n) is 4.45. The SMILES string of the molecule is CCCCCCCC[CH]([AlH2])CCC. The first-order valence-electron chi connectivity index (χ1n) is 6.31. The molecule has 0 aromatic carbocycles. The summed E-state index contributed by atoms with van der Waals surface area (Å²) in [5.74, 6) is 0. The molecule has 1 atom stereocenters. The van der Waals surface area contributed by atoms with E-state index in [1.54, 1.807) is 0 Å². The molecule has 0 aromatic heterocycles. The molecule has 0 bridgehead atoms. The summed E-state index contributed by atoms with van der Waals surface area (Å²) in [5, 5.41) is 0. The van der Waals surface area contributed by atoms with Crippen molar-refractivity contribution < 1.29 is 0 Å². The van der Waals surface area contributed by atoms with E-state index in [1.807, 2.05) is 0 Å². The van der Waals surface area contributed by atoms with Gasteiger partial charge in [0.25, 0.3) is 0 Å². The first kappa shape index (κ1) is 13.5. The van der Waals surface area contributed by atoms with Gasteiger partial charge >= 0.3 is 0 Å². The van der Waals surface area contributed by atoms with Crippen LogP contribution in [0.3, 0.4) is 0 Å². The minimum atomic E-state index is 1.11. The molecule has 0 aromatic rings. The number of rotatable bonds is 9. The molecule has 0 fully saturated rings. The lowest BCUT2D eigenvalue weighted by molar-refractivity contribution is 0.562. The molecule has 0 N–H and O–H groups in total. The van der Waals surface area contributed by atoms with E-state index < -0.39 is 0 Å². The predicted octanol–water partition coefficient (Wildman–Crippen LogP) is 3.96. The van der Waals surface area contributed by atoms with Gasteiger partial charge in [-0.3, -0.25) is 0 Å². The summed E-state index contributed by atoms with van der Waals surface area (Å²) in [5.41, 5.74) is 0. The van der Waals surface area contributed by atoms with E-state index >= 15 is 0 Å².